The third kappa shape index (κ3) is 2.13. The molecule has 2 aromatic rings. The van der Waals surface area contributed by atoms with E-state index in [4.69, 9.17) is 4.42 Å². The summed E-state index contributed by atoms with van der Waals surface area (Å²) in [5.74, 6) is 0.974. The number of thiophene rings is 1. The second-order valence-corrected chi connectivity index (χ2v) is 4.59. The number of furan rings is 1. The maximum atomic E-state index is 5.43. The molecule has 1 N–H and O–H groups in total. The van der Waals surface area contributed by atoms with Crippen LogP contribution in [0.2, 0.25) is 0 Å². The molecule has 1 atom stereocenters. The van der Waals surface area contributed by atoms with E-state index >= 15 is 0 Å². The molecule has 0 fully saturated rings. The molecule has 0 aliphatic carbocycles. The minimum absolute atomic E-state index is 0.185. The molecule has 2 aromatic heterocycles. The van der Waals surface area contributed by atoms with Crippen LogP contribution >= 0.6 is 11.3 Å². The molecule has 80 valence electrons. The molecule has 0 radical (unpaired) electrons. The summed E-state index contributed by atoms with van der Waals surface area (Å²) in [5, 5.41) is 3.27. The third-order valence-electron chi connectivity index (χ3n) is 2.43. The Morgan fingerprint density at radius 2 is 2.27 bits per heavy atom. The summed E-state index contributed by atoms with van der Waals surface area (Å²) in [7, 11) is 1.96. The fraction of sp³-hybridized carbons (Fsp3) is 0.333. The van der Waals surface area contributed by atoms with Gasteiger partial charge in [-0.3, -0.25) is 0 Å². The monoisotopic (exact) mass is 221 g/mol. The number of hydrogen-bond donors (Lipinski definition) is 1. The second-order valence-electron chi connectivity index (χ2n) is 3.39. The Bertz CT molecular complexity index is 405. The van der Waals surface area contributed by atoms with Crippen molar-refractivity contribution in [3.63, 3.8) is 0 Å². The predicted molar refractivity (Wildman–Crippen MR) is 63.3 cm³/mol. The van der Waals surface area contributed by atoms with E-state index in [2.05, 4.69) is 24.4 Å². The number of nitrogens with one attached hydrogen (secondary N) is 1. The summed E-state index contributed by atoms with van der Waals surface area (Å²) in [6, 6.07) is 8.48. The molecule has 0 bridgehead atoms. The summed E-state index contributed by atoms with van der Waals surface area (Å²) in [4.78, 5) is 2.72. The maximum absolute atomic E-state index is 5.43. The summed E-state index contributed by atoms with van der Waals surface area (Å²) in [6.45, 7) is 2.18. The molecule has 0 amide bonds. The van der Waals surface area contributed by atoms with Gasteiger partial charge in [-0.05, 0) is 37.7 Å². The quantitative estimate of drug-likeness (QED) is 0.857. The highest BCUT2D eigenvalue weighted by Gasteiger charge is 2.16. The highest BCUT2D eigenvalue weighted by Crippen LogP contribution is 2.28. The van der Waals surface area contributed by atoms with Crippen LogP contribution in [-0.4, -0.2) is 7.05 Å². The van der Waals surface area contributed by atoms with Crippen molar-refractivity contribution >= 4 is 11.3 Å². The van der Waals surface area contributed by atoms with E-state index in [1.807, 2.05) is 30.5 Å². The first-order valence-corrected chi connectivity index (χ1v) is 5.96. The second kappa shape index (κ2) is 4.64. The normalized spacial score (nSPS) is 12.9. The standard InChI is InChI=1S/C12H15NOS/c1-3-9-6-7-11(15-9)12(13-2)10-5-4-8-14-10/h4-8,12-13H,3H2,1-2H3. The lowest BCUT2D eigenvalue weighted by Crippen LogP contribution is -2.15. The van der Waals surface area contributed by atoms with E-state index in [0.717, 1.165) is 12.2 Å². The highest BCUT2D eigenvalue weighted by molar-refractivity contribution is 7.12. The van der Waals surface area contributed by atoms with E-state index in [1.54, 1.807) is 6.26 Å². The summed E-state index contributed by atoms with van der Waals surface area (Å²) >= 11 is 1.84. The number of rotatable bonds is 4. The number of aryl methyl sites for hydroxylation is 1. The first kappa shape index (κ1) is 10.5. The van der Waals surface area contributed by atoms with Crippen LogP contribution in [0.1, 0.15) is 28.5 Å². The van der Waals surface area contributed by atoms with E-state index in [9.17, 15) is 0 Å². The third-order valence-corrected chi connectivity index (χ3v) is 3.73. The SMILES string of the molecule is CCc1ccc(C(NC)c2ccco2)s1. The van der Waals surface area contributed by atoms with Gasteiger partial charge in [0.05, 0.1) is 6.26 Å². The Hall–Kier alpha value is -1.06. The van der Waals surface area contributed by atoms with Crippen LogP contribution in [0, 0.1) is 0 Å². The Balaban J connectivity index is 2.27. The predicted octanol–water partition coefficient (Wildman–Crippen LogP) is 3.21. The van der Waals surface area contributed by atoms with Gasteiger partial charge in [-0.25, -0.2) is 0 Å². The molecular formula is C12H15NOS. The van der Waals surface area contributed by atoms with Gasteiger partial charge in [0.2, 0.25) is 0 Å². The molecular weight excluding hydrogens is 206 g/mol. The van der Waals surface area contributed by atoms with Gasteiger partial charge in [-0.15, -0.1) is 11.3 Å². The molecule has 0 saturated heterocycles. The van der Waals surface area contributed by atoms with Gasteiger partial charge in [-0.1, -0.05) is 6.92 Å². The largest absolute Gasteiger partial charge is 0.467 e. The average molecular weight is 221 g/mol. The van der Waals surface area contributed by atoms with Crippen LogP contribution in [0.15, 0.2) is 34.9 Å². The molecule has 3 heteroatoms. The van der Waals surface area contributed by atoms with Crippen molar-refractivity contribution in [2.45, 2.75) is 19.4 Å². The van der Waals surface area contributed by atoms with Gasteiger partial charge in [0.15, 0.2) is 0 Å². The van der Waals surface area contributed by atoms with Crippen LogP contribution in [0.5, 0.6) is 0 Å². The van der Waals surface area contributed by atoms with Gasteiger partial charge in [0, 0.05) is 9.75 Å². The molecule has 1 unspecified atom stereocenters. The molecule has 0 aromatic carbocycles. The fourth-order valence-corrected chi connectivity index (χ4v) is 2.69. The molecule has 15 heavy (non-hydrogen) atoms. The molecule has 0 aliphatic heterocycles. The average Bonchev–Trinajstić information content (AvgIpc) is 2.89. The van der Waals surface area contributed by atoms with E-state index < -0.39 is 0 Å². The van der Waals surface area contributed by atoms with Crippen molar-refractivity contribution in [3.8, 4) is 0 Å². The van der Waals surface area contributed by atoms with Crippen molar-refractivity contribution in [3.05, 3.63) is 46.0 Å². The lowest BCUT2D eigenvalue weighted by Gasteiger charge is -2.10. The summed E-state index contributed by atoms with van der Waals surface area (Å²) in [6.07, 6.45) is 2.81. The zero-order valence-electron chi connectivity index (χ0n) is 8.99. The van der Waals surface area contributed by atoms with E-state index in [0.29, 0.717) is 0 Å². The maximum Gasteiger partial charge on any atom is 0.126 e. The van der Waals surface area contributed by atoms with E-state index in [1.165, 1.54) is 9.75 Å². The zero-order valence-corrected chi connectivity index (χ0v) is 9.80. The molecule has 2 nitrogen and oxygen atoms in total. The first-order valence-electron chi connectivity index (χ1n) is 5.14. The Morgan fingerprint density at radius 3 is 2.80 bits per heavy atom. The van der Waals surface area contributed by atoms with Crippen LogP contribution in [0.4, 0.5) is 0 Å². The lowest BCUT2D eigenvalue weighted by atomic mass is 10.2. The minimum Gasteiger partial charge on any atom is -0.467 e. The minimum atomic E-state index is 0.185. The topological polar surface area (TPSA) is 25.2 Å². The van der Waals surface area contributed by atoms with Crippen molar-refractivity contribution in [1.29, 1.82) is 0 Å². The number of hydrogen-bond acceptors (Lipinski definition) is 3. The summed E-state index contributed by atoms with van der Waals surface area (Å²) in [5.41, 5.74) is 0. The molecule has 0 saturated carbocycles. The van der Waals surface area contributed by atoms with Gasteiger partial charge < -0.3 is 9.73 Å². The molecule has 2 heterocycles. The molecule has 2 rings (SSSR count). The summed E-state index contributed by atoms with van der Waals surface area (Å²) < 4.78 is 5.43. The Labute approximate surface area is 93.9 Å². The van der Waals surface area contributed by atoms with Crippen LogP contribution < -0.4 is 5.32 Å². The molecule has 0 aliphatic rings. The van der Waals surface area contributed by atoms with Gasteiger partial charge in [0.1, 0.15) is 11.8 Å². The Kier molecular flexibility index (Phi) is 3.23. The van der Waals surface area contributed by atoms with Gasteiger partial charge in [-0.2, -0.15) is 0 Å². The van der Waals surface area contributed by atoms with Crippen LogP contribution in [0.3, 0.4) is 0 Å². The Morgan fingerprint density at radius 1 is 1.40 bits per heavy atom. The van der Waals surface area contributed by atoms with Crippen molar-refractivity contribution < 1.29 is 4.42 Å². The van der Waals surface area contributed by atoms with Crippen molar-refractivity contribution in [2.75, 3.05) is 7.05 Å². The molecule has 0 spiro atoms. The smallest absolute Gasteiger partial charge is 0.126 e. The van der Waals surface area contributed by atoms with Crippen molar-refractivity contribution in [2.24, 2.45) is 0 Å². The fourth-order valence-electron chi connectivity index (χ4n) is 1.62. The highest BCUT2D eigenvalue weighted by atomic mass is 32.1. The van der Waals surface area contributed by atoms with Crippen LogP contribution in [0.25, 0.3) is 0 Å². The van der Waals surface area contributed by atoms with E-state index in [-0.39, 0.29) is 6.04 Å². The lowest BCUT2D eigenvalue weighted by molar-refractivity contribution is 0.466. The van der Waals surface area contributed by atoms with Crippen LogP contribution in [-0.2, 0) is 6.42 Å². The van der Waals surface area contributed by atoms with Gasteiger partial charge in [0.25, 0.3) is 0 Å². The first-order chi connectivity index (χ1) is 7.35. The zero-order chi connectivity index (χ0) is 10.7. The van der Waals surface area contributed by atoms with Crippen molar-refractivity contribution in [1.82, 2.24) is 5.32 Å². The van der Waals surface area contributed by atoms with Gasteiger partial charge >= 0.3 is 0 Å².